The molecular formula is C21H24ClFN4O. The third-order valence-corrected chi connectivity index (χ3v) is 6.64. The molecular weight excluding hydrogens is 379 g/mol. The van der Waals surface area contributed by atoms with Crippen LogP contribution in [0.5, 0.6) is 0 Å². The van der Waals surface area contributed by atoms with Gasteiger partial charge >= 0.3 is 0 Å². The van der Waals surface area contributed by atoms with Crippen LogP contribution in [0.4, 0.5) is 10.2 Å². The topological polar surface area (TPSA) is 50.3 Å². The fraction of sp³-hybridized carbons (Fsp3) is 0.524. The first-order valence-electron chi connectivity index (χ1n) is 10.0. The Labute approximate surface area is 169 Å². The molecule has 3 atom stereocenters. The van der Waals surface area contributed by atoms with Gasteiger partial charge in [-0.25, -0.2) is 4.39 Å². The predicted molar refractivity (Wildman–Crippen MR) is 107 cm³/mol. The van der Waals surface area contributed by atoms with Crippen molar-refractivity contribution in [2.75, 3.05) is 38.2 Å². The Morgan fingerprint density at radius 3 is 2.57 bits per heavy atom. The molecule has 28 heavy (non-hydrogen) atoms. The number of fused-ring (bicyclic) bond motifs is 1. The van der Waals surface area contributed by atoms with Crippen LogP contribution in [0.3, 0.4) is 0 Å². The van der Waals surface area contributed by atoms with Crippen molar-refractivity contribution >= 4 is 17.4 Å². The number of anilines is 1. The van der Waals surface area contributed by atoms with Crippen molar-refractivity contribution in [1.82, 2.24) is 15.1 Å². The number of halogens is 2. The van der Waals surface area contributed by atoms with Crippen molar-refractivity contribution < 1.29 is 9.13 Å². The van der Waals surface area contributed by atoms with Gasteiger partial charge in [0.15, 0.2) is 0 Å². The molecule has 1 saturated carbocycles. The minimum Gasteiger partial charge on any atom is -0.381 e. The zero-order valence-electron chi connectivity index (χ0n) is 15.7. The fourth-order valence-electron chi connectivity index (χ4n) is 4.73. The molecule has 0 unspecified atom stereocenters. The Morgan fingerprint density at radius 2 is 1.89 bits per heavy atom. The molecule has 2 aliphatic heterocycles. The second-order valence-electron chi connectivity index (χ2n) is 8.17. The van der Waals surface area contributed by atoms with Crippen molar-refractivity contribution in [3.8, 4) is 11.3 Å². The van der Waals surface area contributed by atoms with Crippen LogP contribution in [0, 0.1) is 23.6 Å². The van der Waals surface area contributed by atoms with Gasteiger partial charge in [0, 0.05) is 38.9 Å². The maximum absolute atomic E-state index is 14.0. The smallest absolute Gasteiger partial charge is 0.148 e. The molecule has 5 nitrogen and oxygen atoms in total. The van der Waals surface area contributed by atoms with Gasteiger partial charge in [-0.2, -0.15) is 0 Å². The first-order chi connectivity index (χ1) is 13.7. The summed E-state index contributed by atoms with van der Waals surface area (Å²) >= 11 is 6.11. The Morgan fingerprint density at radius 1 is 1.11 bits per heavy atom. The van der Waals surface area contributed by atoms with Gasteiger partial charge in [-0.3, -0.25) is 0 Å². The largest absolute Gasteiger partial charge is 0.381 e. The van der Waals surface area contributed by atoms with Gasteiger partial charge in [0.2, 0.25) is 0 Å². The van der Waals surface area contributed by atoms with Crippen LogP contribution in [-0.4, -0.2) is 54.0 Å². The lowest BCUT2D eigenvalue weighted by Crippen LogP contribution is -2.34. The molecule has 1 aromatic heterocycles. The number of hydrogen-bond acceptors (Lipinski definition) is 5. The molecule has 3 aliphatic rings. The molecule has 1 N–H and O–H groups in total. The molecule has 0 radical (unpaired) electrons. The standard InChI is InChI=1S/C21H24ClFN4O/c22-16-2-1-3-17(23)20(16)18-4-5-19(26-25-18)24-21-14-11-27(12-15(14)21)10-13-6-8-28-9-7-13/h1-5,13-15,21H,6-12H2,(H,24,26)/t14-,15+,21+. The molecule has 0 bridgehead atoms. The summed E-state index contributed by atoms with van der Waals surface area (Å²) in [4.78, 5) is 2.61. The average molecular weight is 403 g/mol. The van der Waals surface area contributed by atoms with E-state index in [1.54, 1.807) is 18.2 Å². The molecule has 5 rings (SSSR count). The third kappa shape index (κ3) is 3.61. The second kappa shape index (κ2) is 7.58. The van der Waals surface area contributed by atoms with Gasteiger partial charge in [-0.05, 0) is 54.9 Å². The summed E-state index contributed by atoms with van der Waals surface area (Å²) in [6.07, 6.45) is 2.39. The second-order valence-corrected chi connectivity index (χ2v) is 8.58. The van der Waals surface area contributed by atoms with E-state index in [0.29, 0.717) is 34.2 Å². The number of aromatic nitrogens is 2. The first kappa shape index (κ1) is 18.3. The van der Waals surface area contributed by atoms with E-state index in [2.05, 4.69) is 20.4 Å². The molecule has 2 saturated heterocycles. The van der Waals surface area contributed by atoms with E-state index in [9.17, 15) is 4.39 Å². The number of hydrogen-bond donors (Lipinski definition) is 1. The monoisotopic (exact) mass is 402 g/mol. The highest BCUT2D eigenvalue weighted by Crippen LogP contribution is 2.47. The van der Waals surface area contributed by atoms with Crippen molar-refractivity contribution in [2.45, 2.75) is 18.9 Å². The van der Waals surface area contributed by atoms with Gasteiger partial charge in [0.25, 0.3) is 0 Å². The number of piperidine rings is 1. The summed E-state index contributed by atoms with van der Waals surface area (Å²) in [5.74, 6) is 2.54. The van der Waals surface area contributed by atoms with Crippen LogP contribution in [-0.2, 0) is 4.74 Å². The first-order valence-corrected chi connectivity index (χ1v) is 10.4. The summed E-state index contributed by atoms with van der Waals surface area (Å²) < 4.78 is 19.5. The molecule has 3 fully saturated rings. The lowest BCUT2D eigenvalue weighted by Gasteiger charge is -2.28. The third-order valence-electron chi connectivity index (χ3n) is 6.32. The van der Waals surface area contributed by atoms with E-state index < -0.39 is 0 Å². The normalized spacial score (nSPS) is 27.6. The summed E-state index contributed by atoms with van der Waals surface area (Å²) in [6, 6.07) is 8.73. The Bertz CT molecular complexity index is 811. The van der Waals surface area contributed by atoms with E-state index in [1.807, 2.05) is 6.07 Å². The number of likely N-dealkylation sites (tertiary alicyclic amines) is 1. The minimum absolute atomic E-state index is 0.301. The molecule has 3 heterocycles. The van der Waals surface area contributed by atoms with E-state index in [1.165, 1.54) is 25.5 Å². The maximum Gasteiger partial charge on any atom is 0.148 e. The number of nitrogens with one attached hydrogen (secondary N) is 1. The summed E-state index contributed by atoms with van der Waals surface area (Å²) in [7, 11) is 0. The summed E-state index contributed by atoms with van der Waals surface area (Å²) in [5, 5.41) is 12.3. The molecule has 7 heteroatoms. The quantitative estimate of drug-likeness (QED) is 0.826. The van der Waals surface area contributed by atoms with Crippen LogP contribution in [0.25, 0.3) is 11.3 Å². The number of rotatable bonds is 5. The lowest BCUT2D eigenvalue weighted by molar-refractivity contribution is 0.0540. The van der Waals surface area contributed by atoms with E-state index in [-0.39, 0.29) is 5.82 Å². The number of benzene rings is 1. The fourth-order valence-corrected chi connectivity index (χ4v) is 4.99. The highest BCUT2D eigenvalue weighted by Gasteiger charge is 2.55. The van der Waals surface area contributed by atoms with Crippen LogP contribution in [0.1, 0.15) is 12.8 Å². The number of nitrogens with zero attached hydrogens (tertiary/aromatic N) is 3. The van der Waals surface area contributed by atoms with Gasteiger partial charge in [-0.15, -0.1) is 10.2 Å². The Balaban J connectivity index is 1.16. The summed E-state index contributed by atoms with van der Waals surface area (Å²) in [6.45, 7) is 5.37. The molecule has 1 aromatic carbocycles. The zero-order chi connectivity index (χ0) is 19.1. The number of ether oxygens (including phenoxy) is 1. The highest BCUT2D eigenvalue weighted by atomic mass is 35.5. The van der Waals surface area contributed by atoms with E-state index in [4.69, 9.17) is 16.3 Å². The van der Waals surface area contributed by atoms with Crippen molar-refractivity contribution in [3.05, 3.63) is 41.2 Å². The highest BCUT2D eigenvalue weighted by molar-refractivity contribution is 6.33. The van der Waals surface area contributed by atoms with E-state index >= 15 is 0 Å². The molecule has 148 valence electrons. The van der Waals surface area contributed by atoms with Crippen LogP contribution in [0.2, 0.25) is 5.02 Å². The van der Waals surface area contributed by atoms with Crippen LogP contribution in [0.15, 0.2) is 30.3 Å². The lowest BCUT2D eigenvalue weighted by atomic mass is 10.00. The van der Waals surface area contributed by atoms with Crippen molar-refractivity contribution in [1.29, 1.82) is 0 Å². The maximum atomic E-state index is 14.0. The van der Waals surface area contributed by atoms with E-state index in [0.717, 1.165) is 38.0 Å². The minimum atomic E-state index is -0.385. The Hall–Kier alpha value is -1.76. The molecule has 2 aromatic rings. The van der Waals surface area contributed by atoms with Gasteiger partial charge < -0.3 is 15.0 Å². The average Bonchev–Trinajstić information content (AvgIpc) is 3.14. The van der Waals surface area contributed by atoms with Gasteiger partial charge in [0.05, 0.1) is 16.3 Å². The molecule has 0 spiro atoms. The summed E-state index contributed by atoms with van der Waals surface area (Å²) in [5.41, 5.74) is 0.752. The predicted octanol–water partition coefficient (Wildman–Crippen LogP) is 3.70. The van der Waals surface area contributed by atoms with Gasteiger partial charge in [0.1, 0.15) is 11.6 Å². The van der Waals surface area contributed by atoms with Gasteiger partial charge in [-0.1, -0.05) is 17.7 Å². The van der Waals surface area contributed by atoms with Crippen molar-refractivity contribution in [3.63, 3.8) is 0 Å². The van der Waals surface area contributed by atoms with Crippen molar-refractivity contribution in [2.24, 2.45) is 17.8 Å². The zero-order valence-corrected chi connectivity index (χ0v) is 16.4. The molecule has 1 aliphatic carbocycles. The van der Waals surface area contributed by atoms with Crippen LogP contribution >= 0.6 is 11.6 Å². The SMILES string of the molecule is Fc1cccc(Cl)c1-c1ccc(N[C@H]2[C@@H]3CN(CC4CCOCC4)C[C@@H]32)nn1. The van der Waals surface area contributed by atoms with Crippen LogP contribution < -0.4 is 5.32 Å². The Kier molecular flexibility index (Phi) is 4.95. The molecule has 0 amide bonds.